The largest absolute Gasteiger partial charge is 0.462 e. The van der Waals surface area contributed by atoms with Crippen LogP contribution in [-0.2, 0) is 11.3 Å². The Balaban J connectivity index is 1.91. The lowest BCUT2D eigenvalue weighted by atomic mass is 10.2. The average Bonchev–Trinajstić information content (AvgIpc) is 3.00. The first-order valence-corrected chi connectivity index (χ1v) is 10.2. The van der Waals surface area contributed by atoms with Gasteiger partial charge in [-0.1, -0.05) is 23.7 Å². The number of rotatable bonds is 6. The summed E-state index contributed by atoms with van der Waals surface area (Å²) in [6, 6.07) is 7.53. The number of hydrogen-bond acceptors (Lipinski definition) is 6. The molecule has 1 N–H and O–H groups in total. The molecule has 2 aromatic heterocycles. The number of aromatic nitrogens is 2. The van der Waals surface area contributed by atoms with Crippen molar-refractivity contribution in [1.29, 1.82) is 0 Å². The van der Waals surface area contributed by atoms with Crippen LogP contribution in [0.2, 0.25) is 5.02 Å². The fourth-order valence-electron chi connectivity index (χ4n) is 2.97. The maximum absolute atomic E-state index is 12.7. The summed E-state index contributed by atoms with van der Waals surface area (Å²) >= 11 is 7.14. The highest BCUT2D eigenvalue weighted by Gasteiger charge is 2.22. The van der Waals surface area contributed by atoms with Gasteiger partial charge >= 0.3 is 5.97 Å². The van der Waals surface area contributed by atoms with Crippen molar-refractivity contribution < 1.29 is 9.53 Å². The number of aromatic amines is 1. The third-order valence-electron chi connectivity index (χ3n) is 4.68. The van der Waals surface area contributed by atoms with E-state index in [4.69, 9.17) is 16.3 Å². The summed E-state index contributed by atoms with van der Waals surface area (Å²) in [5.41, 5.74) is 1.48. The summed E-state index contributed by atoms with van der Waals surface area (Å²) in [6.07, 6.45) is 0. The molecule has 0 aliphatic rings. The van der Waals surface area contributed by atoms with Crippen LogP contribution in [0.25, 0.3) is 10.2 Å². The normalized spacial score (nSPS) is 12.5. The van der Waals surface area contributed by atoms with E-state index in [-0.39, 0.29) is 18.2 Å². The second-order valence-electron chi connectivity index (χ2n) is 6.63. The van der Waals surface area contributed by atoms with Gasteiger partial charge in [0.05, 0.1) is 18.0 Å². The molecule has 0 saturated heterocycles. The molecule has 0 spiro atoms. The molecular formula is C20H22ClN3O3S. The van der Waals surface area contributed by atoms with E-state index >= 15 is 0 Å². The van der Waals surface area contributed by atoms with Crippen molar-refractivity contribution in [3.63, 3.8) is 0 Å². The van der Waals surface area contributed by atoms with Crippen LogP contribution in [0.3, 0.4) is 0 Å². The molecule has 2 heterocycles. The Bertz CT molecular complexity index is 1060. The van der Waals surface area contributed by atoms with E-state index in [1.165, 1.54) is 11.3 Å². The number of aryl methyl sites for hydroxylation is 1. The molecule has 1 atom stereocenters. The number of halogens is 1. The van der Waals surface area contributed by atoms with Crippen LogP contribution in [0.15, 0.2) is 29.1 Å². The lowest BCUT2D eigenvalue weighted by Gasteiger charge is -2.24. The molecule has 0 amide bonds. The number of benzene rings is 1. The molecule has 3 rings (SSSR count). The zero-order valence-corrected chi connectivity index (χ0v) is 17.8. The number of nitrogens with one attached hydrogen (secondary N) is 1. The molecular weight excluding hydrogens is 398 g/mol. The zero-order chi connectivity index (χ0) is 20.4. The van der Waals surface area contributed by atoms with Gasteiger partial charge in [0.15, 0.2) is 0 Å². The van der Waals surface area contributed by atoms with Gasteiger partial charge in [0.25, 0.3) is 5.56 Å². The fourth-order valence-corrected chi connectivity index (χ4v) is 4.18. The number of nitrogens with zero attached hydrogens (tertiary/aromatic N) is 2. The molecule has 3 aromatic rings. The molecule has 0 fully saturated rings. The van der Waals surface area contributed by atoms with Gasteiger partial charge in [0.1, 0.15) is 15.5 Å². The van der Waals surface area contributed by atoms with Gasteiger partial charge in [0.2, 0.25) is 0 Å². The summed E-state index contributed by atoms with van der Waals surface area (Å²) in [5.74, 6) is 0.141. The Morgan fingerprint density at radius 3 is 2.68 bits per heavy atom. The third kappa shape index (κ3) is 4.11. The van der Waals surface area contributed by atoms with Crippen molar-refractivity contribution in [2.24, 2.45) is 0 Å². The fraction of sp³-hybridized carbons (Fsp3) is 0.350. The van der Waals surface area contributed by atoms with Gasteiger partial charge in [-0.25, -0.2) is 9.78 Å². The summed E-state index contributed by atoms with van der Waals surface area (Å²) in [5, 5.41) is 1.14. The molecule has 1 aromatic carbocycles. The summed E-state index contributed by atoms with van der Waals surface area (Å²) in [6.45, 7) is 6.44. The van der Waals surface area contributed by atoms with Crippen LogP contribution in [0.4, 0.5) is 0 Å². The third-order valence-corrected chi connectivity index (χ3v) is 6.10. The number of thiophene rings is 1. The molecule has 0 aliphatic carbocycles. The van der Waals surface area contributed by atoms with E-state index in [9.17, 15) is 9.59 Å². The van der Waals surface area contributed by atoms with E-state index in [0.717, 1.165) is 5.56 Å². The highest BCUT2D eigenvalue weighted by molar-refractivity contribution is 7.20. The first-order chi connectivity index (χ1) is 13.3. The maximum atomic E-state index is 12.7. The van der Waals surface area contributed by atoms with Gasteiger partial charge in [-0.05, 0) is 51.1 Å². The molecule has 8 heteroatoms. The number of hydrogen-bond donors (Lipinski definition) is 1. The minimum absolute atomic E-state index is 0.124. The van der Waals surface area contributed by atoms with Crippen molar-refractivity contribution >= 4 is 39.1 Å². The number of fused-ring (bicyclic) bond motifs is 1. The molecule has 148 valence electrons. The van der Waals surface area contributed by atoms with Crippen LogP contribution in [0.1, 0.15) is 46.5 Å². The Morgan fingerprint density at radius 2 is 2.04 bits per heavy atom. The Labute approximate surface area is 172 Å². The Kier molecular flexibility index (Phi) is 6.17. The highest BCUT2D eigenvalue weighted by atomic mass is 35.5. The number of esters is 1. The van der Waals surface area contributed by atoms with E-state index in [1.807, 2.05) is 38.2 Å². The summed E-state index contributed by atoms with van der Waals surface area (Å²) < 4.78 is 5.08. The summed E-state index contributed by atoms with van der Waals surface area (Å²) in [7, 11) is 1.97. The molecule has 6 nitrogen and oxygen atoms in total. The number of carbonyl (C=O) groups is 1. The smallest absolute Gasteiger partial charge is 0.348 e. The Hall–Kier alpha value is -2.22. The minimum Gasteiger partial charge on any atom is -0.462 e. The second-order valence-corrected chi connectivity index (χ2v) is 8.06. The molecule has 0 aliphatic heterocycles. The van der Waals surface area contributed by atoms with E-state index in [2.05, 4.69) is 14.9 Å². The minimum atomic E-state index is -0.420. The van der Waals surface area contributed by atoms with Crippen LogP contribution < -0.4 is 5.56 Å². The summed E-state index contributed by atoms with van der Waals surface area (Å²) in [4.78, 5) is 35.4. The van der Waals surface area contributed by atoms with Crippen LogP contribution >= 0.6 is 22.9 Å². The van der Waals surface area contributed by atoms with Crippen molar-refractivity contribution in [1.82, 2.24) is 14.9 Å². The van der Waals surface area contributed by atoms with Crippen LogP contribution in [0, 0.1) is 6.92 Å². The van der Waals surface area contributed by atoms with Crippen LogP contribution in [0.5, 0.6) is 0 Å². The SMILES string of the molecule is CCOC(=O)c1sc2nc([C@H](C)N(C)Cc3ccc(Cl)cc3)[nH]c(=O)c2c1C. The predicted octanol–water partition coefficient (Wildman–Crippen LogP) is 4.32. The molecule has 0 bridgehead atoms. The lowest BCUT2D eigenvalue weighted by molar-refractivity contribution is 0.0531. The zero-order valence-electron chi connectivity index (χ0n) is 16.2. The Morgan fingerprint density at radius 1 is 1.36 bits per heavy atom. The van der Waals surface area contributed by atoms with Crippen molar-refractivity contribution in [3.05, 3.63) is 61.5 Å². The monoisotopic (exact) mass is 419 g/mol. The van der Waals surface area contributed by atoms with Gasteiger partial charge in [-0.15, -0.1) is 11.3 Å². The van der Waals surface area contributed by atoms with Gasteiger partial charge in [-0.2, -0.15) is 0 Å². The predicted molar refractivity (Wildman–Crippen MR) is 112 cm³/mol. The standard InChI is InChI=1S/C20H22ClN3O3S/c1-5-27-20(26)16-11(2)15-18(25)22-17(23-19(15)28-16)12(3)24(4)10-13-6-8-14(21)9-7-13/h6-9,12H,5,10H2,1-4H3,(H,22,23,25)/t12-/m0/s1. The highest BCUT2D eigenvalue weighted by Crippen LogP contribution is 2.29. The van der Waals surface area contributed by atoms with E-state index < -0.39 is 5.97 Å². The number of ether oxygens (including phenoxy) is 1. The quantitative estimate of drug-likeness (QED) is 0.602. The van der Waals surface area contributed by atoms with Crippen molar-refractivity contribution in [2.75, 3.05) is 13.7 Å². The molecule has 0 radical (unpaired) electrons. The van der Waals surface area contributed by atoms with Crippen LogP contribution in [-0.4, -0.2) is 34.5 Å². The second kappa shape index (κ2) is 8.43. The first kappa shape index (κ1) is 20.5. The topological polar surface area (TPSA) is 75.3 Å². The van der Waals surface area contributed by atoms with Gasteiger partial charge in [0, 0.05) is 11.6 Å². The first-order valence-electron chi connectivity index (χ1n) is 8.97. The van der Waals surface area contributed by atoms with Crippen molar-refractivity contribution in [2.45, 2.75) is 33.4 Å². The number of carbonyl (C=O) groups excluding carboxylic acids is 1. The molecule has 28 heavy (non-hydrogen) atoms. The molecule has 0 saturated carbocycles. The van der Waals surface area contributed by atoms with E-state index in [1.54, 1.807) is 13.8 Å². The van der Waals surface area contributed by atoms with Gasteiger partial charge < -0.3 is 9.72 Å². The van der Waals surface area contributed by atoms with Crippen molar-refractivity contribution in [3.8, 4) is 0 Å². The maximum Gasteiger partial charge on any atom is 0.348 e. The number of H-pyrrole nitrogens is 1. The lowest BCUT2D eigenvalue weighted by Crippen LogP contribution is -2.25. The molecule has 0 unspecified atom stereocenters. The average molecular weight is 420 g/mol. The van der Waals surface area contributed by atoms with Gasteiger partial charge in [-0.3, -0.25) is 9.69 Å². The van der Waals surface area contributed by atoms with E-state index in [0.29, 0.717) is 38.0 Å².